The molecule has 0 fully saturated rings. The van der Waals surface area contributed by atoms with Gasteiger partial charge in [-0.1, -0.05) is 6.07 Å². The molecule has 0 aromatic heterocycles. The van der Waals surface area contributed by atoms with Crippen molar-refractivity contribution in [1.29, 1.82) is 5.26 Å². The zero-order chi connectivity index (χ0) is 15.4. The third-order valence-electron chi connectivity index (χ3n) is 2.75. The van der Waals surface area contributed by atoms with Gasteiger partial charge in [0.15, 0.2) is 28.9 Å². The Bertz CT molecular complexity index is 688. The summed E-state index contributed by atoms with van der Waals surface area (Å²) in [7, 11) is 1.37. The lowest BCUT2D eigenvalue weighted by atomic mass is 10.2. The maximum atomic E-state index is 13.8. The van der Waals surface area contributed by atoms with Crippen molar-refractivity contribution in [3.8, 4) is 23.3 Å². The second kappa shape index (κ2) is 6.20. The van der Waals surface area contributed by atoms with Gasteiger partial charge in [-0.25, -0.2) is 8.78 Å². The predicted molar refractivity (Wildman–Crippen MR) is 70.1 cm³/mol. The van der Waals surface area contributed by atoms with Gasteiger partial charge in [-0.15, -0.1) is 0 Å². The molecule has 0 aliphatic carbocycles. The van der Waals surface area contributed by atoms with Crippen LogP contribution in [0.5, 0.6) is 17.2 Å². The third-order valence-corrected chi connectivity index (χ3v) is 2.75. The first kappa shape index (κ1) is 14.8. The van der Waals surface area contributed by atoms with Crippen molar-refractivity contribution in [2.75, 3.05) is 7.11 Å². The Balaban J connectivity index is 2.41. The van der Waals surface area contributed by atoms with Crippen LogP contribution in [0, 0.1) is 23.0 Å². The van der Waals surface area contributed by atoms with Crippen LogP contribution in [0.25, 0.3) is 0 Å². The van der Waals surface area contributed by atoms with Crippen LogP contribution < -0.4 is 9.47 Å². The lowest BCUT2D eigenvalue weighted by Crippen LogP contribution is -1.97. The Labute approximate surface area is 119 Å². The summed E-state index contributed by atoms with van der Waals surface area (Å²) in [6, 6.07) is 7.88. The fourth-order valence-corrected chi connectivity index (χ4v) is 1.73. The fraction of sp³-hybridized carbons (Fsp3) is 0.133. The van der Waals surface area contributed by atoms with E-state index in [-0.39, 0.29) is 23.7 Å². The first-order chi connectivity index (χ1) is 10.1. The normalized spacial score (nSPS) is 10.0. The molecule has 2 rings (SSSR count). The molecule has 2 aromatic rings. The van der Waals surface area contributed by atoms with E-state index < -0.39 is 17.4 Å². The van der Waals surface area contributed by atoms with Crippen molar-refractivity contribution in [3.05, 3.63) is 53.1 Å². The maximum Gasteiger partial charge on any atom is 0.198 e. The molecule has 4 nitrogen and oxygen atoms in total. The number of nitrogens with zero attached hydrogens (tertiary/aromatic N) is 1. The molecular formula is C15H11F2NO3. The molecule has 0 atom stereocenters. The first-order valence-electron chi connectivity index (χ1n) is 5.93. The van der Waals surface area contributed by atoms with Crippen molar-refractivity contribution >= 4 is 0 Å². The molecule has 0 saturated carbocycles. The number of ether oxygens (including phenoxy) is 2. The highest BCUT2D eigenvalue weighted by Crippen LogP contribution is 2.35. The summed E-state index contributed by atoms with van der Waals surface area (Å²) < 4.78 is 37.8. The molecule has 0 saturated heterocycles. The molecule has 0 amide bonds. The summed E-state index contributed by atoms with van der Waals surface area (Å²) in [5, 5.41) is 17.7. The summed E-state index contributed by atoms with van der Waals surface area (Å²) in [6.07, 6.45) is 0. The Morgan fingerprint density at radius 3 is 2.33 bits per heavy atom. The number of halogens is 2. The molecule has 0 aliphatic heterocycles. The lowest BCUT2D eigenvalue weighted by Gasteiger charge is -2.12. The van der Waals surface area contributed by atoms with Gasteiger partial charge in [-0.2, -0.15) is 5.26 Å². The quantitative estimate of drug-likeness (QED) is 0.940. The highest BCUT2D eigenvalue weighted by molar-refractivity contribution is 5.47. The highest BCUT2D eigenvalue weighted by Gasteiger charge is 2.16. The van der Waals surface area contributed by atoms with E-state index in [0.29, 0.717) is 5.56 Å². The van der Waals surface area contributed by atoms with E-state index >= 15 is 0 Å². The maximum absolute atomic E-state index is 13.8. The molecule has 108 valence electrons. The monoisotopic (exact) mass is 291 g/mol. The van der Waals surface area contributed by atoms with Gasteiger partial charge in [0.05, 0.1) is 25.3 Å². The molecule has 0 bridgehead atoms. The van der Waals surface area contributed by atoms with Crippen molar-refractivity contribution in [2.24, 2.45) is 0 Å². The number of aliphatic hydroxyl groups is 1. The van der Waals surface area contributed by atoms with Gasteiger partial charge in [0.1, 0.15) is 0 Å². The average Bonchev–Trinajstić information content (AvgIpc) is 2.50. The first-order valence-corrected chi connectivity index (χ1v) is 5.93. The number of methoxy groups -OCH3 is 1. The van der Waals surface area contributed by atoms with E-state index in [0.717, 1.165) is 12.1 Å². The summed E-state index contributed by atoms with van der Waals surface area (Å²) in [5.74, 6) is -2.27. The zero-order valence-electron chi connectivity index (χ0n) is 11.1. The SMILES string of the molecule is COc1cc(CO)ccc1Oc1c(F)cc(C#N)cc1F. The molecule has 2 aromatic carbocycles. The number of benzene rings is 2. The van der Waals surface area contributed by atoms with Gasteiger partial charge >= 0.3 is 0 Å². The standard InChI is InChI=1S/C15H11F2NO3/c1-20-14-6-9(8-19)2-3-13(14)21-15-11(16)4-10(7-18)5-12(15)17/h2-6,19H,8H2,1H3. The predicted octanol–water partition coefficient (Wildman–Crippen LogP) is 3.13. The molecule has 0 aliphatic rings. The number of hydrogen-bond donors (Lipinski definition) is 1. The molecule has 0 unspecified atom stereocenters. The molecule has 6 heteroatoms. The van der Waals surface area contributed by atoms with Crippen LogP contribution in [-0.2, 0) is 6.61 Å². The third kappa shape index (κ3) is 3.09. The van der Waals surface area contributed by atoms with E-state index in [1.165, 1.54) is 25.3 Å². The van der Waals surface area contributed by atoms with Gasteiger partial charge in [-0.05, 0) is 29.8 Å². The Morgan fingerprint density at radius 1 is 1.14 bits per heavy atom. The van der Waals surface area contributed by atoms with Gasteiger partial charge in [0, 0.05) is 0 Å². The summed E-state index contributed by atoms with van der Waals surface area (Å²) in [4.78, 5) is 0. The molecule has 0 heterocycles. The van der Waals surface area contributed by atoms with Crippen LogP contribution in [0.15, 0.2) is 30.3 Å². The van der Waals surface area contributed by atoms with E-state index in [1.54, 1.807) is 6.07 Å². The summed E-state index contributed by atoms with van der Waals surface area (Å²) in [6.45, 7) is -0.198. The molecule has 21 heavy (non-hydrogen) atoms. The van der Waals surface area contributed by atoms with Gasteiger partial charge in [0.2, 0.25) is 0 Å². The van der Waals surface area contributed by atoms with Gasteiger partial charge in [0.25, 0.3) is 0 Å². The largest absolute Gasteiger partial charge is 0.493 e. The lowest BCUT2D eigenvalue weighted by molar-refractivity contribution is 0.280. The summed E-state index contributed by atoms with van der Waals surface area (Å²) >= 11 is 0. The number of nitriles is 1. The molecule has 0 radical (unpaired) electrons. The van der Waals surface area contributed by atoms with Crippen LogP contribution in [0.1, 0.15) is 11.1 Å². The number of aliphatic hydroxyl groups excluding tert-OH is 1. The van der Waals surface area contributed by atoms with Crippen LogP contribution in [0.2, 0.25) is 0 Å². The summed E-state index contributed by atoms with van der Waals surface area (Å²) in [5.41, 5.74) is 0.430. The second-order valence-corrected chi connectivity index (χ2v) is 4.13. The topological polar surface area (TPSA) is 62.5 Å². The van der Waals surface area contributed by atoms with Crippen molar-refractivity contribution in [3.63, 3.8) is 0 Å². The van der Waals surface area contributed by atoms with Crippen LogP contribution in [0.4, 0.5) is 8.78 Å². The van der Waals surface area contributed by atoms with Gasteiger partial charge in [-0.3, -0.25) is 0 Å². The van der Waals surface area contributed by atoms with Crippen molar-refractivity contribution < 1.29 is 23.4 Å². The Morgan fingerprint density at radius 2 is 1.81 bits per heavy atom. The zero-order valence-corrected chi connectivity index (χ0v) is 11.1. The van der Waals surface area contributed by atoms with Crippen LogP contribution in [-0.4, -0.2) is 12.2 Å². The van der Waals surface area contributed by atoms with Crippen LogP contribution >= 0.6 is 0 Å². The second-order valence-electron chi connectivity index (χ2n) is 4.13. The van der Waals surface area contributed by atoms with Crippen molar-refractivity contribution in [1.82, 2.24) is 0 Å². The number of hydrogen-bond acceptors (Lipinski definition) is 4. The Kier molecular flexibility index (Phi) is 4.36. The fourth-order valence-electron chi connectivity index (χ4n) is 1.73. The minimum absolute atomic E-state index is 0.0946. The van der Waals surface area contributed by atoms with E-state index in [1.807, 2.05) is 0 Å². The van der Waals surface area contributed by atoms with Crippen LogP contribution in [0.3, 0.4) is 0 Å². The van der Waals surface area contributed by atoms with E-state index in [9.17, 15) is 8.78 Å². The minimum atomic E-state index is -0.986. The smallest absolute Gasteiger partial charge is 0.198 e. The highest BCUT2D eigenvalue weighted by atomic mass is 19.1. The van der Waals surface area contributed by atoms with E-state index in [2.05, 4.69) is 0 Å². The molecule has 1 N–H and O–H groups in total. The number of rotatable bonds is 4. The average molecular weight is 291 g/mol. The molecular weight excluding hydrogens is 280 g/mol. The van der Waals surface area contributed by atoms with Crippen molar-refractivity contribution in [2.45, 2.75) is 6.61 Å². The van der Waals surface area contributed by atoms with E-state index in [4.69, 9.17) is 19.8 Å². The van der Waals surface area contributed by atoms with Gasteiger partial charge < -0.3 is 14.6 Å². The molecule has 0 spiro atoms. The Hall–Kier alpha value is -2.65. The minimum Gasteiger partial charge on any atom is -0.493 e.